The van der Waals surface area contributed by atoms with Crippen molar-refractivity contribution in [3.8, 4) is 17.2 Å². The summed E-state index contributed by atoms with van der Waals surface area (Å²) in [6, 6.07) is 11.2. The molecule has 0 fully saturated rings. The Labute approximate surface area is 114 Å². The van der Waals surface area contributed by atoms with Crippen molar-refractivity contribution in [3.05, 3.63) is 57.6 Å². The van der Waals surface area contributed by atoms with Crippen LogP contribution in [0.25, 0.3) is 0 Å². The molecular weight excluding hydrogens is 270 g/mol. The van der Waals surface area contributed by atoms with Crippen molar-refractivity contribution in [2.75, 3.05) is 7.11 Å². The standard InChI is InChI=1S/C13H10ClNO4/c1-18-13-8-11(5-6-12(13)15(16)17)19-10-4-2-3-9(14)7-10/h2-8H,1H3. The molecular formula is C13H10ClNO4. The second kappa shape index (κ2) is 5.58. The minimum atomic E-state index is -0.512. The number of nitro benzene ring substituents is 1. The van der Waals surface area contributed by atoms with E-state index >= 15 is 0 Å². The summed E-state index contributed by atoms with van der Waals surface area (Å²) in [4.78, 5) is 10.3. The van der Waals surface area contributed by atoms with Gasteiger partial charge in [0.1, 0.15) is 11.5 Å². The summed E-state index contributed by atoms with van der Waals surface area (Å²) in [7, 11) is 1.37. The molecule has 0 radical (unpaired) electrons. The van der Waals surface area contributed by atoms with E-state index in [1.165, 1.54) is 25.3 Å². The third-order valence-corrected chi connectivity index (χ3v) is 2.61. The number of nitro groups is 1. The summed E-state index contributed by atoms with van der Waals surface area (Å²) in [5.74, 6) is 1.12. The van der Waals surface area contributed by atoms with Gasteiger partial charge in [0.2, 0.25) is 5.75 Å². The third kappa shape index (κ3) is 3.14. The first-order valence-electron chi connectivity index (χ1n) is 5.36. The van der Waals surface area contributed by atoms with Crippen molar-refractivity contribution in [3.63, 3.8) is 0 Å². The fraction of sp³-hybridized carbons (Fsp3) is 0.0769. The molecule has 0 N–H and O–H groups in total. The summed E-state index contributed by atoms with van der Waals surface area (Å²) < 4.78 is 10.5. The fourth-order valence-electron chi connectivity index (χ4n) is 1.54. The van der Waals surface area contributed by atoms with Crippen LogP contribution in [0.1, 0.15) is 0 Å². The highest BCUT2D eigenvalue weighted by Crippen LogP contribution is 2.33. The van der Waals surface area contributed by atoms with E-state index in [2.05, 4.69) is 0 Å². The summed E-state index contributed by atoms with van der Waals surface area (Å²) >= 11 is 5.84. The predicted octanol–water partition coefficient (Wildman–Crippen LogP) is 4.05. The summed E-state index contributed by atoms with van der Waals surface area (Å²) in [6.07, 6.45) is 0. The average molecular weight is 280 g/mol. The van der Waals surface area contributed by atoms with Crippen LogP contribution in [0.5, 0.6) is 17.2 Å². The van der Waals surface area contributed by atoms with Crippen LogP contribution in [0.2, 0.25) is 5.02 Å². The molecule has 0 unspecified atom stereocenters. The van der Waals surface area contributed by atoms with Gasteiger partial charge in [0.25, 0.3) is 0 Å². The Balaban J connectivity index is 2.29. The molecule has 5 nitrogen and oxygen atoms in total. The van der Waals surface area contributed by atoms with Crippen LogP contribution in [0, 0.1) is 10.1 Å². The van der Waals surface area contributed by atoms with Crippen molar-refractivity contribution in [2.45, 2.75) is 0 Å². The molecule has 0 aliphatic rings. The highest BCUT2D eigenvalue weighted by molar-refractivity contribution is 6.30. The lowest BCUT2D eigenvalue weighted by atomic mass is 10.2. The van der Waals surface area contributed by atoms with E-state index in [0.29, 0.717) is 16.5 Å². The largest absolute Gasteiger partial charge is 0.490 e. The Morgan fingerprint density at radius 3 is 2.53 bits per heavy atom. The number of hydrogen-bond donors (Lipinski definition) is 0. The normalized spacial score (nSPS) is 10.0. The molecule has 2 aromatic carbocycles. The van der Waals surface area contributed by atoms with Gasteiger partial charge in [-0.3, -0.25) is 10.1 Å². The molecule has 98 valence electrons. The number of hydrogen-bond acceptors (Lipinski definition) is 4. The monoisotopic (exact) mass is 279 g/mol. The van der Waals surface area contributed by atoms with E-state index in [4.69, 9.17) is 21.1 Å². The van der Waals surface area contributed by atoms with Crippen LogP contribution >= 0.6 is 11.6 Å². The number of methoxy groups -OCH3 is 1. The molecule has 2 aromatic rings. The molecule has 0 aliphatic carbocycles. The molecule has 19 heavy (non-hydrogen) atoms. The van der Waals surface area contributed by atoms with Crippen LogP contribution in [0.3, 0.4) is 0 Å². The molecule has 0 saturated carbocycles. The van der Waals surface area contributed by atoms with Crippen LogP contribution in [-0.2, 0) is 0 Å². The van der Waals surface area contributed by atoms with Crippen LogP contribution in [0.4, 0.5) is 5.69 Å². The predicted molar refractivity (Wildman–Crippen MR) is 71.2 cm³/mol. The van der Waals surface area contributed by atoms with Crippen molar-refractivity contribution < 1.29 is 14.4 Å². The van der Waals surface area contributed by atoms with Gasteiger partial charge in [-0.1, -0.05) is 17.7 Å². The zero-order valence-corrected chi connectivity index (χ0v) is 10.8. The highest BCUT2D eigenvalue weighted by Gasteiger charge is 2.15. The molecule has 0 aromatic heterocycles. The third-order valence-electron chi connectivity index (χ3n) is 2.38. The van der Waals surface area contributed by atoms with Crippen molar-refractivity contribution >= 4 is 17.3 Å². The average Bonchev–Trinajstić information content (AvgIpc) is 2.38. The lowest BCUT2D eigenvalue weighted by Crippen LogP contribution is -1.94. The minimum Gasteiger partial charge on any atom is -0.490 e. The van der Waals surface area contributed by atoms with Gasteiger partial charge >= 0.3 is 5.69 Å². The maximum Gasteiger partial charge on any atom is 0.311 e. The van der Waals surface area contributed by atoms with E-state index in [-0.39, 0.29) is 11.4 Å². The zero-order valence-electron chi connectivity index (χ0n) is 10.00. The summed E-state index contributed by atoms with van der Waals surface area (Å²) in [5.41, 5.74) is -0.110. The second-order valence-corrected chi connectivity index (χ2v) is 4.09. The van der Waals surface area contributed by atoms with Crippen LogP contribution in [-0.4, -0.2) is 12.0 Å². The summed E-state index contributed by atoms with van der Waals surface area (Å²) in [6.45, 7) is 0. The molecule has 0 amide bonds. The van der Waals surface area contributed by atoms with Crippen molar-refractivity contribution in [1.29, 1.82) is 0 Å². The topological polar surface area (TPSA) is 61.6 Å². The van der Waals surface area contributed by atoms with Crippen LogP contribution < -0.4 is 9.47 Å². The first kappa shape index (κ1) is 13.2. The SMILES string of the molecule is COc1cc(Oc2cccc(Cl)c2)ccc1[N+](=O)[O-]. The van der Waals surface area contributed by atoms with E-state index in [1.54, 1.807) is 24.3 Å². The Morgan fingerprint density at radius 1 is 1.16 bits per heavy atom. The molecule has 6 heteroatoms. The quantitative estimate of drug-likeness (QED) is 0.626. The lowest BCUT2D eigenvalue weighted by molar-refractivity contribution is -0.385. The van der Waals surface area contributed by atoms with Gasteiger partial charge < -0.3 is 9.47 Å². The first-order chi connectivity index (χ1) is 9.10. The Kier molecular flexibility index (Phi) is 3.87. The Hall–Kier alpha value is -2.27. The van der Waals surface area contributed by atoms with Gasteiger partial charge in [-0.15, -0.1) is 0 Å². The maximum atomic E-state index is 10.8. The molecule has 0 saturated heterocycles. The Bertz CT molecular complexity index is 615. The van der Waals surface area contributed by atoms with Crippen LogP contribution in [0.15, 0.2) is 42.5 Å². The lowest BCUT2D eigenvalue weighted by Gasteiger charge is -2.07. The molecule has 0 aliphatic heterocycles. The Morgan fingerprint density at radius 2 is 1.89 bits per heavy atom. The van der Waals surface area contributed by atoms with Gasteiger partial charge in [0.05, 0.1) is 12.0 Å². The molecule has 0 bridgehead atoms. The number of ether oxygens (including phenoxy) is 2. The minimum absolute atomic E-state index is 0.110. The van der Waals surface area contributed by atoms with Gasteiger partial charge in [-0.2, -0.15) is 0 Å². The molecule has 2 rings (SSSR count). The van der Waals surface area contributed by atoms with Crippen molar-refractivity contribution in [2.24, 2.45) is 0 Å². The van der Waals surface area contributed by atoms with Gasteiger partial charge in [-0.05, 0) is 24.3 Å². The van der Waals surface area contributed by atoms with Gasteiger partial charge in [0, 0.05) is 17.2 Å². The van der Waals surface area contributed by atoms with E-state index in [1.807, 2.05) is 0 Å². The number of halogens is 1. The van der Waals surface area contributed by atoms with E-state index in [9.17, 15) is 10.1 Å². The van der Waals surface area contributed by atoms with Crippen molar-refractivity contribution in [1.82, 2.24) is 0 Å². The second-order valence-electron chi connectivity index (χ2n) is 3.65. The van der Waals surface area contributed by atoms with Gasteiger partial charge in [0.15, 0.2) is 0 Å². The van der Waals surface area contributed by atoms with E-state index < -0.39 is 4.92 Å². The fourth-order valence-corrected chi connectivity index (χ4v) is 1.72. The number of benzene rings is 2. The van der Waals surface area contributed by atoms with E-state index in [0.717, 1.165) is 0 Å². The maximum absolute atomic E-state index is 10.8. The number of rotatable bonds is 4. The zero-order chi connectivity index (χ0) is 13.8. The van der Waals surface area contributed by atoms with Gasteiger partial charge in [-0.25, -0.2) is 0 Å². The summed E-state index contributed by atoms with van der Waals surface area (Å²) in [5, 5.41) is 11.3. The molecule has 0 atom stereocenters. The molecule has 0 heterocycles. The smallest absolute Gasteiger partial charge is 0.311 e. The number of nitrogens with zero attached hydrogens (tertiary/aromatic N) is 1. The first-order valence-corrected chi connectivity index (χ1v) is 5.74. The molecule has 0 spiro atoms. The highest BCUT2D eigenvalue weighted by atomic mass is 35.5.